The Hall–Kier alpha value is -0.360. The number of hydrogen-bond donors (Lipinski definition) is 1. The van der Waals surface area contributed by atoms with Crippen molar-refractivity contribution in [3.05, 3.63) is 0 Å². The molecule has 0 saturated carbocycles. The second-order valence-electron chi connectivity index (χ2n) is 2.18. The zero-order valence-corrected chi connectivity index (χ0v) is 6.26. The largest absolute Gasteiger partial charge is 0.410 e. The van der Waals surface area contributed by atoms with Crippen LogP contribution in [0.4, 0.5) is 13.2 Å². The normalized spacial score (nSPS) is 26.5. The maximum Gasteiger partial charge on any atom is 0.410 e. The molecule has 1 rings (SSSR count). The van der Waals surface area contributed by atoms with E-state index in [2.05, 4.69) is 22.3 Å². The number of nitrogens with one attached hydrogen (secondary N) is 1. The van der Waals surface area contributed by atoms with Gasteiger partial charge in [-0.25, -0.2) is 0 Å². The Morgan fingerprint density at radius 2 is 2.18 bits per heavy atom. The molecule has 1 atom stereocenters. The molecule has 0 radical (unpaired) electrons. The van der Waals surface area contributed by atoms with Gasteiger partial charge in [0.25, 0.3) is 0 Å². The van der Waals surface area contributed by atoms with Crippen LogP contribution in [-0.2, 0) is 4.74 Å². The molecule has 0 aromatic rings. The van der Waals surface area contributed by atoms with Crippen molar-refractivity contribution in [2.24, 2.45) is 0 Å². The molecular weight excluding hydrogens is 179 g/mol. The van der Waals surface area contributed by atoms with E-state index in [1.54, 1.807) is 0 Å². The van der Waals surface area contributed by atoms with Crippen molar-refractivity contribution < 1.29 is 17.9 Å². The van der Waals surface area contributed by atoms with E-state index in [-0.39, 0.29) is 18.2 Å². The van der Waals surface area contributed by atoms with E-state index in [4.69, 9.17) is 0 Å². The number of alkyl halides is 3. The second-order valence-corrected chi connectivity index (χ2v) is 2.67. The third kappa shape index (κ3) is 2.30. The average Bonchev–Trinajstić information content (AvgIpc) is 1.86. The van der Waals surface area contributed by atoms with Crippen LogP contribution >= 0.6 is 12.2 Å². The number of rotatable bonds is 0. The first-order valence-corrected chi connectivity index (χ1v) is 3.35. The number of ether oxygens (including phenoxy) is 1. The number of morpholine rings is 1. The van der Waals surface area contributed by atoms with Crippen LogP contribution in [0, 0.1) is 0 Å². The van der Waals surface area contributed by atoms with Crippen LogP contribution in [0.3, 0.4) is 0 Å². The lowest BCUT2D eigenvalue weighted by atomic mass is 10.3. The molecule has 0 aromatic carbocycles. The Labute approximate surface area is 66.7 Å². The van der Waals surface area contributed by atoms with Gasteiger partial charge in [0.1, 0.15) is 11.0 Å². The Kier molecular flexibility index (Phi) is 2.34. The van der Waals surface area contributed by atoms with Crippen LogP contribution in [0.5, 0.6) is 0 Å². The van der Waals surface area contributed by atoms with E-state index < -0.39 is 12.2 Å². The average molecular weight is 185 g/mol. The van der Waals surface area contributed by atoms with Crippen LogP contribution in [-0.4, -0.2) is 30.4 Å². The summed E-state index contributed by atoms with van der Waals surface area (Å²) in [6.07, 6.45) is -4.27. The minimum absolute atomic E-state index is 0.0852. The Bertz CT molecular complexity index is 170. The zero-order valence-electron chi connectivity index (χ0n) is 5.44. The van der Waals surface area contributed by atoms with Crippen molar-refractivity contribution in [2.45, 2.75) is 12.2 Å². The van der Waals surface area contributed by atoms with E-state index in [0.717, 1.165) is 0 Å². The molecule has 0 amide bonds. The number of halogens is 3. The summed E-state index contributed by atoms with van der Waals surface area (Å²) >= 11 is 4.52. The molecule has 11 heavy (non-hydrogen) atoms. The quantitative estimate of drug-likeness (QED) is 0.566. The molecular formula is C5H6F3NOS. The molecule has 0 bridgehead atoms. The van der Waals surface area contributed by atoms with Gasteiger partial charge in [-0.3, -0.25) is 0 Å². The van der Waals surface area contributed by atoms with Crippen LogP contribution in [0.15, 0.2) is 0 Å². The first-order chi connectivity index (χ1) is 5.00. The van der Waals surface area contributed by atoms with Crippen molar-refractivity contribution in [2.75, 3.05) is 13.2 Å². The van der Waals surface area contributed by atoms with Gasteiger partial charge >= 0.3 is 6.18 Å². The molecule has 6 heteroatoms. The fourth-order valence-electron chi connectivity index (χ4n) is 0.723. The molecule has 1 aliphatic rings. The van der Waals surface area contributed by atoms with Gasteiger partial charge < -0.3 is 10.1 Å². The number of hydrogen-bond acceptors (Lipinski definition) is 2. The topological polar surface area (TPSA) is 21.3 Å². The zero-order chi connectivity index (χ0) is 8.48. The fourth-order valence-corrected chi connectivity index (χ4v) is 0.949. The maximum atomic E-state index is 11.9. The lowest BCUT2D eigenvalue weighted by Crippen LogP contribution is -2.52. The molecule has 1 fully saturated rings. The highest BCUT2D eigenvalue weighted by Crippen LogP contribution is 2.21. The highest BCUT2D eigenvalue weighted by Gasteiger charge is 2.41. The summed E-state index contributed by atoms with van der Waals surface area (Å²) in [7, 11) is 0. The van der Waals surface area contributed by atoms with Gasteiger partial charge in [0.05, 0.1) is 13.2 Å². The predicted octanol–water partition coefficient (Wildman–Crippen LogP) is 0.864. The molecule has 1 aliphatic heterocycles. The molecule has 64 valence electrons. The SMILES string of the molecule is FC(F)(F)[C@@H]1COCC(=S)N1. The summed E-state index contributed by atoms with van der Waals surface area (Å²) in [6.45, 7) is -0.272. The predicted molar refractivity (Wildman–Crippen MR) is 36.4 cm³/mol. The fraction of sp³-hybridized carbons (Fsp3) is 0.800. The van der Waals surface area contributed by atoms with Crippen LogP contribution in [0.25, 0.3) is 0 Å². The molecule has 2 nitrogen and oxygen atoms in total. The summed E-state index contributed by atoms with van der Waals surface area (Å²) in [4.78, 5) is 0.110. The molecule has 1 N–H and O–H groups in total. The van der Waals surface area contributed by atoms with Gasteiger partial charge in [0.15, 0.2) is 0 Å². The molecule has 1 heterocycles. The Morgan fingerprint density at radius 3 is 2.55 bits per heavy atom. The molecule has 0 aromatic heterocycles. The minimum atomic E-state index is -4.27. The van der Waals surface area contributed by atoms with E-state index in [9.17, 15) is 13.2 Å². The van der Waals surface area contributed by atoms with Gasteiger partial charge in [0, 0.05) is 0 Å². The van der Waals surface area contributed by atoms with Crippen molar-refractivity contribution >= 4 is 17.2 Å². The summed E-state index contributed by atoms with van der Waals surface area (Å²) in [5, 5.41) is 2.14. The summed E-state index contributed by atoms with van der Waals surface area (Å²) in [6, 6.07) is -1.64. The van der Waals surface area contributed by atoms with E-state index in [1.807, 2.05) is 0 Å². The van der Waals surface area contributed by atoms with Crippen molar-refractivity contribution in [1.29, 1.82) is 0 Å². The Morgan fingerprint density at radius 1 is 1.55 bits per heavy atom. The maximum absolute atomic E-state index is 11.9. The summed E-state index contributed by atoms with van der Waals surface area (Å²) < 4.78 is 40.3. The van der Waals surface area contributed by atoms with Crippen molar-refractivity contribution in [3.8, 4) is 0 Å². The van der Waals surface area contributed by atoms with Crippen LogP contribution < -0.4 is 5.32 Å². The third-order valence-electron chi connectivity index (χ3n) is 1.25. The Balaban J connectivity index is 2.53. The smallest absolute Gasteiger partial charge is 0.372 e. The van der Waals surface area contributed by atoms with Gasteiger partial charge in [-0.05, 0) is 0 Å². The summed E-state index contributed by atoms with van der Waals surface area (Å²) in [5.41, 5.74) is 0. The lowest BCUT2D eigenvalue weighted by molar-refractivity contribution is -0.166. The number of thiocarbonyl (C=S) groups is 1. The van der Waals surface area contributed by atoms with Crippen LogP contribution in [0.2, 0.25) is 0 Å². The highest BCUT2D eigenvalue weighted by molar-refractivity contribution is 7.80. The van der Waals surface area contributed by atoms with E-state index in [0.29, 0.717) is 0 Å². The third-order valence-corrected chi connectivity index (χ3v) is 1.48. The van der Waals surface area contributed by atoms with Crippen molar-refractivity contribution in [1.82, 2.24) is 5.32 Å². The first kappa shape index (κ1) is 8.73. The molecule has 1 saturated heterocycles. The van der Waals surface area contributed by atoms with Crippen molar-refractivity contribution in [3.63, 3.8) is 0 Å². The highest BCUT2D eigenvalue weighted by atomic mass is 32.1. The molecule has 0 unspecified atom stereocenters. The first-order valence-electron chi connectivity index (χ1n) is 2.94. The van der Waals surface area contributed by atoms with Gasteiger partial charge in [-0.2, -0.15) is 13.2 Å². The van der Waals surface area contributed by atoms with Gasteiger partial charge in [-0.15, -0.1) is 0 Å². The molecule has 0 aliphatic carbocycles. The van der Waals surface area contributed by atoms with Gasteiger partial charge in [0.2, 0.25) is 0 Å². The monoisotopic (exact) mass is 185 g/mol. The standard InChI is InChI=1S/C5H6F3NOS/c6-5(7,8)3-1-10-2-4(11)9-3/h3H,1-2H2,(H,9,11)/t3-/m0/s1. The second kappa shape index (κ2) is 2.94. The molecule has 0 spiro atoms. The van der Waals surface area contributed by atoms with Crippen LogP contribution in [0.1, 0.15) is 0 Å². The summed E-state index contributed by atoms with van der Waals surface area (Å²) in [5.74, 6) is 0. The van der Waals surface area contributed by atoms with E-state index >= 15 is 0 Å². The lowest BCUT2D eigenvalue weighted by Gasteiger charge is -2.26. The minimum Gasteiger partial charge on any atom is -0.372 e. The van der Waals surface area contributed by atoms with Gasteiger partial charge in [-0.1, -0.05) is 12.2 Å². The van der Waals surface area contributed by atoms with E-state index in [1.165, 1.54) is 0 Å².